The molecule has 1 N–H and O–H groups in total. The molecule has 0 bridgehead atoms. The summed E-state index contributed by atoms with van der Waals surface area (Å²) >= 11 is 1.91. The van der Waals surface area contributed by atoms with Gasteiger partial charge in [-0.2, -0.15) is 11.8 Å². The minimum atomic E-state index is 0.412. The summed E-state index contributed by atoms with van der Waals surface area (Å²) in [4.78, 5) is 0. The Morgan fingerprint density at radius 3 is 2.56 bits per heavy atom. The van der Waals surface area contributed by atoms with E-state index in [1.807, 2.05) is 11.8 Å². The highest BCUT2D eigenvalue weighted by atomic mass is 32.2. The summed E-state index contributed by atoms with van der Waals surface area (Å²) in [5.74, 6) is 3.19. The van der Waals surface area contributed by atoms with Crippen LogP contribution in [-0.4, -0.2) is 24.7 Å². The van der Waals surface area contributed by atoms with Crippen LogP contribution in [0.15, 0.2) is 24.3 Å². The quantitative estimate of drug-likeness (QED) is 0.686. The topological polar surface area (TPSA) is 21.3 Å². The first-order chi connectivity index (χ1) is 8.77. The highest BCUT2D eigenvalue weighted by Crippen LogP contribution is 2.17. The molecule has 0 heterocycles. The predicted molar refractivity (Wildman–Crippen MR) is 81.6 cm³/mol. The van der Waals surface area contributed by atoms with Crippen LogP contribution in [0, 0.1) is 0 Å². The highest BCUT2D eigenvalue weighted by molar-refractivity contribution is 7.99. The average molecular weight is 267 g/mol. The number of benzene rings is 1. The van der Waals surface area contributed by atoms with Gasteiger partial charge in [-0.05, 0) is 43.3 Å². The summed E-state index contributed by atoms with van der Waals surface area (Å²) in [6.07, 6.45) is 1.17. The van der Waals surface area contributed by atoms with Crippen molar-refractivity contribution < 1.29 is 4.74 Å². The van der Waals surface area contributed by atoms with Crippen LogP contribution in [-0.2, 0) is 0 Å². The van der Waals surface area contributed by atoms with Crippen LogP contribution in [0.5, 0.6) is 5.75 Å². The number of thioether (sulfide) groups is 1. The van der Waals surface area contributed by atoms with Gasteiger partial charge in [-0.1, -0.05) is 26.0 Å². The average Bonchev–Trinajstić information content (AvgIpc) is 2.41. The van der Waals surface area contributed by atoms with Crippen molar-refractivity contribution in [3.8, 4) is 5.75 Å². The lowest BCUT2D eigenvalue weighted by molar-refractivity contribution is 0.344. The molecule has 3 heteroatoms. The molecule has 1 atom stereocenters. The van der Waals surface area contributed by atoms with Gasteiger partial charge < -0.3 is 10.1 Å². The van der Waals surface area contributed by atoms with Crippen LogP contribution in [0.3, 0.4) is 0 Å². The lowest BCUT2D eigenvalue weighted by Crippen LogP contribution is -2.19. The zero-order chi connectivity index (χ0) is 13.2. The fraction of sp³-hybridized carbons (Fsp3) is 0.600. The van der Waals surface area contributed by atoms with E-state index in [0.717, 1.165) is 30.4 Å². The van der Waals surface area contributed by atoms with E-state index in [0.29, 0.717) is 6.04 Å². The standard InChI is InChI=1S/C15H25NOS/c1-4-10-16-13(3)14-6-8-15(9-7-14)17-11-12-18-5-2/h6-9,13,16H,4-5,10-12H2,1-3H3. The number of hydrogen-bond acceptors (Lipinski definition) is 3. The third kappa shape index (κ3) is 5.78. The molecular formula is C15H25NOS. The summed E-state index contributed by atoms with van der Waals surface area (Å²) in [5.41, 5.74) is 1.32. The fourth-order valence-electron chi connectivity index (χ4n) is 1.69. The van der Waals surface area contributed by atoms with Gasteiger partial charge in [-0.15, -0.1) is 0 Å². The molecule has 102 valence electrons. The molecular weight excluding hydrogens is 242 g/mol. The van der Waals surface area contributed by atoms with E-state index in [-0.39, 0.29) is 0 Å². The van der Waals surface area contributed by atoms with Gasteiger partial charge in [0.1, 0.15) is 5.75 Å². The van der Waals surface area contributed by atoms with E-state index in [9.17, 15) is 0 Å². The van der Waals surface area contributed by atoms with Crippen LogP contribution in [0.1, 0.15) is 38.8 Å². The molecule has 1 unspecified atom stereocenters. The predicted octanol–water partition coefficient (Wildman–Crippen LogP) is 3.88. The fourth-order valence-corrected chi connectivity index (χ4v) is 2.18. The number of hydrogen-bond donors (Lipinski definition) is 1. The Kier molecular flexibility index (Phi) is 7.94. The maximum Gasteiger partial charge on any atom is 0.119 e. The molecule has 0 amide bonds. The summed E-state index contributed by atoms with van der Waals surface area (Å²) in [6, 6.07) is 8.84. The summed E-state index contributed by atoms with van der Waals surface area (Å²) in [6.45, 7) is 8.41. The van der Waals surface area contributed by atoms with E-state index in [4.69, 9.17) is 4.74 Å². The van der Waals surface area contributed by atoms with Crippen molar-refractivity contribution in [2.45, 2.75) is 33.2 Å². The van der Waals surface area contributed by atoms with E-state index in [2.05, 4.69) is 50.4 Å². The zero-order valence-electron chi connectivity index (χ0n) is 11.7. The second kappa shape index (κ2) is 9.29. The Bertz CT molecular complexity index is 313. The number of ether oxygens (including phenoxy) is 1. The SMILES string of the molecule is CCCNC(C)c1ccc(OCCSCC)cc1. The van der Waals surface area contributed by atoms with Crippen molar-refractivity contribution >= 4 is 11.8 Å². The molecule has 0 fully saturated rings. The van der Waals surface area contributed by atoms with Crippen LogP contribution in [0.4, 0.5) is 0 Å². The summed E-state index contributed by atoms with van der Waals surface area (Å²) in [5, 5.41) is 3.48. The molecule has 0 aliphatic heterocycles. The number of rotatable bonds is 9. The largest absolute Gasteiger partial charge is 0.493 e. The van der Waals surface area contributed by atoms with Crippen LogP contribution in [0.2, 0.25) is 0 Å². The van der Waals surface area contributed by atoms with Crippen molar-refractivity contribution in [3.05, 3.63) is 29.8 Å². The third-order valence-electron chi connectivity index (χ3n) is 2.78. The van der Waals surface area contributed by atoms with E-state index in [1.165, 1.54) is 12.0 Å². The van der Waals surface area contributed by atoms with E-state index >= 15 is 0 Å². The smallest absolute Gasteiger partial charge is 0.119 e. The van der Waals surface area contributed by atoms with Gasteiger partial charge in [0.25, 0.3) is 0 Å². The Morgan fingerprint density at radius 2 is 1.94 bits per heavy atom. The molecule has 1 rings (SSSR count). The van der Waals surface area contributed by atoms with Crippen molar-refractivity contribution in [3.63, 3.8) is 0 Å². The molecule has 0 aliphatic carbocycles. The van der Waals surface area contributed by atoms with E-state index < -0.39 is 0 Å². The molecule has 18 heavy (non-hydrogen) atoms. The van der Waals surface area contributed by atoms with Gasteiger partial charge in [0.05, 0.1) is 6.61 Å². The lowest BCUT2D eigenvalue weighted by Gasteiger charge is -2.14. The first kappa shape index (κ1) is 15.4. The van der Waals surface area contributed by atoms with Crippen molar-refractivity contribution in [2.24, 2.45) is 0 Å². The molecule has 0 radical (unpaired) electrons. The van der Waals surface area contributed by atoms with Gasteiger partial charge in [-0.3, -0.25) is 0 Å². The maximum atomic E-state index is 5.68. The summed E-state index contributed by atoms with van der Waals surface area (Å²) in [7, 11) is 0. The van der Waals surface area contributed by atoms with Crippen LogP contribution in [0.25, 0.3) is 0 Å². The van der Waals surface area contributed by atoms with Gasteiger partial charge in [0.2, 0.25) is 0 Å². The minimum Gasteiger partial charge on any atom is -0.493 e. The minimum absolute atomic E-state index is 0.412. The van der Waals surface area contributed by atoms with Gasteiger partial charge >= 0.3 is 0 Å². The van der Waals surface area contributed by atoms with Gasteiger partial charge in [0.15, 0.2) is 0 Å². The Hall–Kier alpha value is -0.670. The Balaban J connectivity index is 2.37. The Labute approximate surface area is 116 Å². The molecule has 1 aromatic carbocycles. The first-order valence-electron chi connectivity index (χ1n) is 6.81. The van der Waals surface area contributed by atoms with Gasteiger partial charge in [-0.25, -0.2) is 0 Å². The normalized spacial score (nSPS) is 12.4. The highest BCUT2D eigenvalue weighted by Gasteiger charge is 2.03. The third-order valence-corrected chi connectivity index (χ3v) is 3.64. The second-order valence-corrected chi connectivity index (χ2v) is 5.68. The van der Waals surface area contributed by atoms with Crippen molar-refractivity contribution in [1.82, 2.24) is 5.32 Å². The van der Waals surface area contributed by atoms with Gasteiger partial charge in [0, 0.05) is 11.8 Å². The molecule has 0 aliphatic rings. The lowest BCUT2D eigenvalue weighted by atomic mass is 10.1. The molecule has 0 spiro atoms. The number of nitrogens with one attached hydrogen (secondary N) is 1. The molecule has 2 nitrogen and oxygen atoms in total. The van der Waals surface area contributed by atoms with Crippen molar-refractivity contribution in [2.75, 3.05) is 24.7 Å². The van der Waals surface area contributed by atoms with Crippen LogP contribution < -0.4 is 10.1 Å². The molecule has 1 aromatic rings. The molecule has 0 aromatic heterocycles. The van der Waals surface area contributed by atoms with E-state index in [1.54, 1.807) is 0 Å². The first-order valence-corrected chi connectivity index (χ1v) is 7.97. The second-order valence-electron chi connectivity index (χ2n) is 4.29. The maximum absolute atomic E-state index is 5.68. The molecule has 0 saturated heterocycles. The molecule has 0 saturated carbocycles. The zero-order valence-corrected chi connectivity index (χ0v) is 12.6. The monoisotopic (exact) mass is 267 g/mol. The Morgan fingerprint density at radius 1 is 1.22 bits per heavy atom. The summed E-state index contributed by atoms with van der Waals surface area (Å²) < 4.78 is 5.68. The van der Waals surface area contributed by atoms with Crippen LogP contribution >= 0.6 is 11.8 Å². The van der Waals surface area contributed by atoms with Crippen molar-refractivity contribution in [1.29, 1.82) is 0 Å².